The van der Waals surface area contributed by atoms with Gasteiger partial charge in [-0.2, -0.15) is 0 Å². The molecule has 0 unspecified atom stereocenters. The molecule has 1 amide bonds. The average molecular weight is 402 g/mol. The van der Waals surface area contributed by atoms with Crippen molar-refractivity contribution >= 4 is 29.3 Å². The molecule has 4 rings (SSSR count). The minimum atomic E-state index is -0.232. The summed E-state index contributed by atoms with van der Waals surface area (Å²) < 4.78 is 11.1. The normalized spacial score (nSPS) is 12.6. The van der Waals surface area contributed by atoms with Crippen molar-refractivity contribution in [1.29, 1.82) is 0 Å². The van der Waals surface area contributed by atoms with E-state index in [9.17, 15) is 4.79 Å². The summed E-state index contributed by atoms with van der Waals surface area (Å²) in [4.78, 5) is 21.1. The van der Waals surface area contributed by atoms with E-state index in [-0.39, 0.29) is 5.91 Å². The standard InChI is InChI=1S/C23H22N4O3/c1-15-12-16(2)25-23(24-15)27-19-5-3-4-18(14-19)26-22(28)9-7-17-6-8-20-21(13-17)30-11-10-29-20/h3-9,12-14H,10-11H2,1-2H3,(H,26,28)(H,24,25,27)/b9-7-. The topological polar surface area (TPSA) is 85.4 Å². The number of nitrogens with zero attached hydrogens (tertiary/aromatic N) is 2. The molecule has 0 bridgehead atoms. The summed E-state index contributed by atoms with van der Waals surface area (Å²) in [5, 5.41) is 6.03. The first kappa shape index (κ1) is 19.4. The molecule has 0 aliphatic carbocycles. The summed E-state index contributed by atoms with van der Waals surface area (Å²) in [5.74, 6) is 1.70. The van der Waals surface area contributed by atoms with E-state index in [0.29, 0.717) is 30.6 Å². The Morgan fingerprint density at radius 3 is 2.47 bits per heavy atom. The van der Waals surface area contributed by atoms with Crippen LogP contribution in [-0.2, 0) is 4.79 Å². The number of aromatic nitrogens is 2. The van der Waals surface area contributed by atoms with Gasteiger partial charge in [-0.1, -0.05) is 12.1 Å². The first-order valence-corrected chi connectivity index (χ1v) is 9.63. The monoisotopic (exact) mass is 402 g/mol. The minimum Gasteiger partial charge on any atom is -0.486 e. The third-order valence-corrected chi connectivity index (χ3v) is 4.36. The van der Waals surface area contributed by atoms with E-state index in [2.05, 4.69) is 20.6 Å². The van der Waals surface area contributed by atoms with Gasteiger partial charge in [-0.15, -0.1) is 0 Å². The lowest BCUT2D eigenvalue weighted by Gasteiger charge is -2.18. The van der Waals surface area contributed by atoms with Crippen LogP contribution in [-0.4, -0.2) is 29.1 Å². The van der Waals surface area contributed by atoms with Gasteiger partial charge < -0.3 is 20.1 Å². The van der Waals surface area contributed by atoms with Gasteiger partial charge in [-0.3, -0.25) is 4.79 Å². The highest BCUT2D eigenvalue weighted by Gasteiger charge is 2.11. The smallest absolute Gasteiger partial charge is 0.248 e. The first-order valence-electron chi connectivity index (χ1n) is 9.63. The van der Waals surface area contributed by atoms with Gasteiger partial charge in [0, 0.05) is 28.8 Å². The van der Waals surface area contributed by atoms with Crippen molar-refractivity contribution in [2.75, 3.05) is 23.8 Å². The zero-order valence-electron chi connectivity index (χ0n) is 16.8. The Kier molecular flexibility index (Phi) is 5.61. The zero-order chi connectivity index (χ0) is 20.9. The second-order valence-corrected chi connectivity index (χ2v) is 6.91. The molecule has 0 radical (unpaired) electrons. The number of hydrogen-bond donors (Lipinski definition) is 2. The van der Waals surface area contributed by atoms with E-state index in [4.69, 9.17) is 9.47 Å². The van der Waals surface area contributed by atoms with Crippen molar-refractivity contribution < 1.29 is 14.3 Å². The molecule has 7 nitrogen and oxygen atoms in total. The van der Waals surface area contributed by atoms with Crippen LogP contribution in [0, 0.1) is 13.8 Å². The van der Waals surface area contributed by atoms with Crippen LogP contribution in [0.4, 0.5) is 17.3 Å². The van der Waals surface area contributed by atoms with Crippen molar-refractivity contribution in [3.8, 4) is 11.5 Å². The van der Waals surface area contributed by atoms with E-state index in [1.54, 1.807) is 6.08 Å². The zero-order valence-corrected chi connectivity index (χ0v) is 16.8. The fraction of sp³-hybridized carbons (Fsp3) is 0.174. The van der Waals surface area contributed by atoms with E-state index in [0.717, 1.165) is 28.4 Å². The molecular weight excluding hydrogens is 380 g/mol. The number of hydrogen-bond acceptors (Lipinski definition) is 6. The maximum Gasteiger partial charge on any atom is 0.248 e. The molecule has 2 N–H and O–H groups in total. The number of aryl methyl sites for hydroxylation is 2. The third kappa shape index (κ3) is 4.94. The highest BCUT2D eigenvalue weighted by Crippen LogP contribution is 2.31. The number of nitrogens with one attached hydrogen (secondary N) is 2. The molecule has 0 fully saturated rings. The van der Waals surface area contributed by atoms with Crippen molar-refractivity contribution in [2.45, 2.75) is 13.8 Å². The largest absolute Gasteiger partial charge is 0.486 e. The summed E-state index contributed by atoms with van der Waals surface area (Å²) >= 11 is 0. The van der Waals surface area contributed by atoms with Crippen LogP contribution < -0.4 is 20.1 Å². The van der Waals surface area contributed by atoms with E-state index in [1.807, 2.05) is 62.4 Å². The summed E-state index contributed by atoms with van der Waals surface area (Å²) in [6.45, 7) is 4.92. The maximum absolute atomic E-state index is 12.3. The third-order valence-electron chi connectivity index (χ3n) is 4.36. The highest BCUT2D eigenvalue weighted by molar-refractivity contribution is 6.02. The first-order chi connectivity index (χ1) is 14.5. The lowest BCUT2D eigenvalue weighted by Crippen LogP contribution is -2.15. The minimum absolute atomic E-state index is 0.232. The molecule has 3 aromatic rings. The Morgan fingerprint density at radius 2 is 1.67 bits per heavy atom. The van der Waals surface area contributed by atoms with Crippen LogP contribution in [0.25, 0.3) is 6.08 Å². The fourth-order valence-electron chi connectivity index (χ4n) is 3.11. The Hall–Kier alpha value is -3.87. The van der Waals surface area contributed by atoms with Crippen LogP contribution in [0.5, 0.6) is 11.5 Å². The molecular formula is C23H22N4O3. The molecule has 0 saturated heterocycles. The van der Waals surface area contributed by atoms with Crippen LogP contribution in [0.1, 0.15) is 17.0 Å². The Labute approximate surface area is 174 Å². The maximum atomic E-state index is 12.3. The molecule has 1 aliphatic rings. The lowest BCUT2D eigenvalue weighted by atomic mass is 10.2. The Bertz CT molecular complexity index is 1090. The number of carbonyl (C=O) groups is 1. The van der Waals surface area contributed by atoms with Crippen molar-refractivity contribution in [3.05, 3.63) is 71.6 Å². The molecule has 2 aromatic carbocycles. The van der Waals surface area contributed by atoms with Crippen molar-refractivity contribution in [3.63, 3.8) is 0 Å². The summed E-state index contributed by atoms with van der Waals surface area (Å²) in [7, 11) is 0. The van der Waals surface area contributed by atoms with Gasteiger partial charge >= 0.3 is 0 Å². The molecule has 152 valence electrons. The number of anilines is 3. The van der Waals surface area contributed by atoms with Gasteiger partial charge in [0.2, 0.25) is 11.9 Å². The van der Waals surface area contributed by atoms with Gasteiger partial charge in [0.1, 0.15) is 13.2 Å². The number of carbonyl (C=O) groups excluding carboxylic acids is 1. The van der Waals surface area contributed by atoms with Crippen LogP contribution in [0.2, 0.25) is 0 Å². The van der Waals surface area contributed by atoms with E-state index in [1.165, 1.54) is 6.08 Å². The van der Waals surface area contributed by atoms with E-state index >= 15 is 0 Å². The van der Waals surface area contributed by atoms with Crippen LogP contribution in [0.15, 0.2) is 54.6 Å². The SMILES string of the molecule is Cc1cc(C)nc(Nc2cccc(NC(=O)/C=C\c3ccc4c(c3)OCCO4)c2)n1. The fourth-order valence-corrected chi connectivity index (χ4v) is 3.11. The molecule has 1 aliphatic heterocycles. The highest BCUT2D eigenvalue weighted by atomic mass is 16.6. The Morgan fingerprint density at radius 1 is 0.933 bits per heavy atom. The van der Waals surface area contributed by atoms with Gasteiger partial charge in [0.15, 0.2) is 11.5 Å². The van der Waals surface area contributed by atoms with Gasteiger partial charge in [-0.25, -0.2) is 9.97 Å². The lowest BCUT2D eigenvalue weighted by molar-refractivity contribution is -0.111. The summed E-state index contributed by atoms with van der Waals surface area (Å²) in [6, 6.07) is 14.9. The van der Waals surface area contributed by atoms with Crippen LogP contribution >= 0.6 is 0 Å². The Balaban J connectivity index is 1.41. The van der Waals surface area contributed by atoms with Gasteiger partial charge in [-0.05, 0) is 61.9 Å². The average Bonchev–Trinajstić information content (AvgIpc) is 2.71. The molecule has 7 heteroatoms. The van der Waals surface area contributed by atoms with Crippen molar-refractivity contribution in [1.82, 2.24) is 9.97 Å². The predicted octanol–water partition coefficient (Wildman–Crippen LogP) is 4.26. The van der Waals surface area contributed by atoms with Gasteiger partial charge in [0.25, 0.3) is 0 Å². The molecule has 0 saturated carbocycles. The number of fused-ring (bicyclic) bond motifs is 1. The second-order valence-electron chi connectivity index (χ2n) is 6.91. The van der Waals surface area contributed by atoms with Crippen molar-refractivity contribution in [2.24, 2.45) is 0 Å². The van der Waals surface area contributed by atoms with Crippen LogP contribution in [0.3, 0.4) is 0 Å². The quantitative estimate of drug-likeness (QED) is 0.620. The second kappa shape index (κ2) is 8.65. The molecule has 30 heavy (non-hydrogen) atoms. The molecule has 0 atom stereocenters. The number of benzene rings is 2. The molecule has 2 heterocycles. The molecule has 0 spiro atoms. The summed E-state index contributed by atoms with van der Waals surface area (Å²) in [6.07, 6.45) is 3.22. The number of ether oxygens (including phenoxy) is 2. The summed E-state index contributed by atoms with van der Waals surface area (Å²) in [5.41, 5.74) is 4.09. The number of rotatable bonds is 5. The number of amides is 1. The van der Waals surface area contributed by atoms with E-state index < -0.39 is 0 Å². The predicted molar refractivity (Wildman–Crippen MR) is 116 cm³/mol. The molecule has 1 aromatic heterocycles. The van der Waals surface area contributed by atoms with Gasteiger partial charge in [0.05, 0.1) is 0 Å².